The number of carboxylic acids is 1. The molecule has 0 aliphatic carbocycles. The summed E-state index contributed by atoms with van der Waals surface area (Å²) in [6.07, 6.45) is 2.08. The molecule has 2 rings (SSSR count). The molecule has 1 heterocycles. The van der Waals surface area contributed by atoms with Crippen molar-refractivity contribution in [3.63, 3.8) is 0 Å². The van der Waals surface area contributed by atoms with Crippen LogP contribution < -0.4 is 5.73 Å². The third kappa shape index (κ3) is 2.77. The number of benzene rings is 1. The Bertz CT molecular complexity index is 587. The van der Waals surface area contributed by atoms with Crippen LogP contribution in [0.4, 0.5) is 0 Å². The van der Waals surface area contributed by atoms with Crippen LogP contribution in [0.25, 0.3) is 5.69 Å². The van der Waals surface area contributed by atoms with Crippen LogP contribution in [0, 0.1) is 6.92 Å². The van der Waals surface area contributed by atoms with Crippen molar-refractivity contribution in [1.29, 1.82) is 0 Å². The van der Waals surface area contributed by atoms with E-state index < -0.39 is 12.0 Å². The molecule has 0 aliphatic rings. The predicted octanol–water partition coefficient (Wildman–Crippen LogP) is 1.45. The fourth-order valence-electron chi connectivity index (χ4n) is 1.91. The molecule has 100 valence electrons. The molecule has 0 radical (unpaired) electrons. The Kier molecular flexibility index (Phi) is 3.57. The second kappa shape index (κ2) is 5.16. The summed E-state index contributed by atoms with van der Waals surface area (Å²) in [5.41, 5.74) is 8.02. The molecule has 1 atom stereocenters. The zero-order valence-electron chi connectivity index (χ0n) is 10.6. The Morgan fingerprint density at radius 2 is 1.95 bits per heavy atom. The lowest BCUT2D eigenvalue weighted by atomic mass is 10.1. The minimum atomic E-state index is -1.00. The first-order chi connectivity index (χ1) is 8.99. The number of nitrogens with zero attached hydrogens (tertiary/aromatic N) is 1. The van der Waals surface area contributed by atoms with Gasteiger partial charge in [0.1, 0.15) is 11.8 Å². The van der Waals surface area contributed by atoms with Gasteiger partial charge in [-0.25, -0.2) is 0 Å². The molecule has 0 unspecified atom stereocenters. The Labute approximate surface area is 110 Å². The highest BCUT2D eigenvalue weighted by atomic mass is 16.4. The quantitative estimate of drug-likeness (QED) is 0.776. The molecule has 1 aromatic carbocycles. The van der Waals surface area contributed by atoms with Crippen molar-refractivity contribution in [2.75, 3.05) is 0 Å². The number of carbonyl (C=O) groups is 1. The van der Waals surface area contributed by atoms with Crippen molar-refractivity contribution in [2.45, 2.75) is 19.4 Å². The summed E-state index contributed by atoms with van der Waals surface area (Å²) in [6, 6.07) is 8.17. The summed E-state index contributed by atoms with van der Waals surface area (Å²) in [6.45, 7) is 1.82. The summed E-state index contributed by atoms with van der Waals surface area (Å²) < 4.78 is 1.86. The highest BCUT2D eigenvalue weighted by molar-refractivity contribution is 5.73. The number of hydrogen-bond donors (Lipinski definition) is 3. The van der Waals surface area contributed by atoms with E-state index in [1.54, 1.807) is 12.3 Å². The molecule has 0 saturated heterocycles. The lowest BCUT2D eigenvalue weighted by Crippen LogP contribution is -2.32. The van der Waals surface area contributed by atoms with Crippen LogP contribution in [0.3, 0.4) is 0 Å². The molecule has 0 amide bonds. The molecule has 4 N–H and O–H groups in total. The van der Waals surface area contributed by atoms with Crippen LogP contribution in [0.2, 0.25) is 0 Å². The summed E-state index contributed by atoms with van der Waals surface area (Å²) >= 11 is 0. The van der Waals surface area contributed by atoms with Crippen molar-refractivity contribution < 1.29 is 15.0 Å². The second-order valence-corrected chi connectivity index (χ2v) is 4.47. The van der Waals surface area contributed by atoms with Crippen molar-refractivity contribution in [2.24, 2.45) is 5.73 Å². The maximum Gasteiger partial charge on any atom is 0.320 e. The van der Waals surface area contributed by atoms with E-state index >= 15 is 0 Å². The topological polar surface area (TPSA) is 88.5 Å². The number of rotatable bonds is 4. The number of aliphatic carboxylic acids is 1. The number of aromatic nitrogens is 1. The fraction of sp³-hybridized carbons (Fsp3) is 0.214. The first kappa shape index (κ1) is 13.2. The third-order valence-corrected chi connectivity index (χ3v) is 3.10. The zero-order chi connectivity index (χ0) is 14.0. The highest BCUT2D eigenvalue weighted by Crippen LogP contribution is 2.21. The number of nitrogens with two attached hydrogens (primary N) is 1. The van der Waals surface area contributed by atoms with Gasteiger partial charge < -0.3 is 20.5 Å². The normalized spacial score (nSPS) is 12.3. The zero-order valence-corrected chi connectivity index (χ0v) is 10.6. The third-order valence-electron chi connectivity index (χ3n) is 3.10. The average molecular weight is 260 g/mol. The van der Waals surface area contributed by atoms with Crippen molar-refractivity contribution in [3.8, 4) is 11.4 Å². The smallest absolute Gasteiger partial charge is 0.320 e. The van der Waals surface area contributed by atoms with E-state index in [4.69, 9.17) is 10.8 Å². The van der Waals surface area contributed by atoms with Crippen LogP contribution in [-0.4, -0.2) is 26.8 Å². The van der Waals surface area contributed by atoms with E-state index in [0.717, 1.165) is 16.9 Å². The van der Waals surface area contributed by atoms with Gasteiger partial charge in [-0.1, -0.05) is 12.1 Å². The molecule has 2 aromatic rings. The maximum absolute atomic E-state index is 10.7. The van der Waals surface area contributed by atoms with Crippen LogP contribution in [0.1, 0.15) is 11.3 Å². The van der Waals surface area contributed by atoms with E-state index in [0.29, 0.717) is 6.42 Å². The molecular formula is C14H16N2O3. The Hall–Kier alpha value is -2.27. The number of hydrogen-bond acceptors (Lipinski definition) is 3. The number of carboxylic acid groups (broad SMARTS) is 1. The van der Waals surface area contributed by atoms with E-state index in [-0.39, 0.29) is 5.75 Å². The first-order valence-corrected chi connectivity index (χ1v) is 5.93. The van der Waals surface area contributed by atoms with Gasteiger partial charge in [-0.05, 0) is 37.1 Å². The van der Waals surface area contributed by atoms with E-state index in [1.165, 1.54) is 0 Å². The standard InChI is InChI=1S/C14H16N2O3/c1-9-13(17)6-7-16(9)11-4-2-10(3-5-11)8-12(15)14(18)19/h2-7,12,17H,8,15H2,1H3,(H,18,19)/t12-/m0/s1. The van der Waals surface area contributed by atoms with Crippen LogP contribution >= 0.6 is 0 Å². The van der Waals surface area contributed by atoms with Gasteiger partial charge in [-0.15, -0.1) is 0 Å². The molecular weight excluding hydrogens is 244 g/mol. The molecule has 19 heavy (non-hydrogen) atoms. The van der Waals surface area contributed by atoms with Gasteiger partial charge in [-0.3, -0.25) is 4.79 Å². The van der Waals surface area contributed by atoms with E-state index in [1.807, 2.05) is 35.8 Å². The van der Waals surface area contributed by atoms with Gasteiger partial charge in [0.25, 0.3) is 0 Å². The molecule has 0 bridgehead atoms. The van der Waals surface area contributed by atoms with Gasteiger partial charge in [-0.2, -0.15) is 0 Å². The van der Waals surface area contributed by atoms with Crippen molar-refractivity contribution in [1.82, 2.24) is 4.57 Å². The molecule has 5 nitrogen and oxygen atoms in total. The van der Waals surface area contributed by atoms with Crippen molar-refractivity contribution in [3.05, 3.63) is 47.8 Å². The largest absolute Gasteiger partial charge is 0.506 e. The molecule has 0 saturated carbocycles. The Morgan fingerprint density at radius 3 is 2.42 bits per heavy atom. The average Bonchev–Trinajstić information content (AvgIpc) is 2.71. The van der Waals surface area contributed by atoms with Crippen LogP contribution in [0.15, 0.2) is 36.5 Å². The van der Waals surface area contributed by atoms with Gasteiger partial charge >= 0.3 is 5.97 Å². The molecule has 0 fully saturated rings. The summed E-state index contributed by atoms with van der Waals surface area (Å²) in [5.74, 6) is -0.757. The van der Waals surface area contributed by atoms with Gasteiger partial charge in [0, 0.05) is 11.9 Å². The van der Waals surface area contributed by atoms with Crippen molar-refractivity contribution >= 4 is 5.97 Å². The minimum Gasteiger partial charge on any atom is -0.506 e. The predicted molar refractivity (Wildman–Crippen MR) is 71.5 cm³/mol. The number of aromatic hydroxyl groups is 1. The highest BCUT2D eigenvalue weighted by Gasteiger charge is 2.12. The minimum absolute atomic E-state index is 0.247. The molecule has 0 spiro atoms. The molecule has 0 aliphatic heterocycles. The SMILES string of the molecule is Cc1c(O)ccn1-c1ccc(C[C@H](N)C(=O)O)cc1. The summed E-state index contributed by atoms with van der Waals surface area (Å²) in [5, 5.41) is 18.3. The van der Waals surface area contributed by atoms with Gasteiger partial charge in [0.15, 0.2) is 0 Å². The van der Waals surface area contributed by atoms with E-state index in [2.05, 4.69) is 0 Å². The second-order valence-electron chi connectivity index (χ2n) is 4.47. The monoisotopic (exact) mass is 260 g/mol. The summed E-state index contributed by atoms with van der Waals surface area (Å²) in [4.78, 5) is 10.7. The Balaban J connectivity index is 2.19. The lowest BCUT2D eigenvalue weighted by molar-refractivity contribution is -0.138. The van der Waals surface area contributed by atoms with Gasteiger partial charge in [0.2, 0.25) is 0 Å². The lowest BCUT2D eigenvalue weighted by Gasteiger charge is -2.09. The van der Waals surface area contributed by atoms with Crippen LogP contribution in [0.5, 0.6) is 5.75 Å². The molecule has 1 aromatic heterocycles. The van der Waals surface area contributed by atoms with Crippen LogP contribution in [-0.2, 0) is 11.2 Å². The van der Waals surface area contributed by atoms with Gasteiger partial charge in [0.05, 0.1) is 5.69 Å². The summed E-state index contributed by atoms with van der Waals surface area (Å²) in [7, 11) is 0. The Morgan fingerprint density at radius 1 is 1.32 bits per heavy atom. The first-order valence-electron chi connectivity index (χ1n) is 5.93. The van der Waals surface area contributed by atoms with E-state index in [9.17, 15) is 9.90 Å². The maximum atomic E-state index is 10.7. The fourth-order valence-corrected chi connectivity index (χ4v) is 1.91. The molecule has 5 heteroatoms.